The van der Waals surface area contributed by atoms with Crippen molar-refractivity contribution in [3.63, 3.8) is 0 Å². The Morgan fingerprint density at radius 2 is 2.22 bits per heavy atom. The summed E-state index contributed by atoms with van der Waals surface area (Å²) in [5, 5.41) is 13.1. The van der Waals surface area contributed by atoms with E-state index in [1.807, 2.05) is 6.92 Å². The number of nitro benzene ring substituents is 1. The van der Waals surface area contributed by atoms with E-state index < -0.39 is 22.3 Å². The van der Waals surface area contributed by atoms with Crippen molar-refractivity contribution in [2.45, 2.75) is 18.2 Å². The smallest absolute Gasteiger partial charge is 0.273 e. The van der Waals surface area contributed by atoms with Gasteiger partial charge in [0, 0.05) is 23.0 Å². The Balaban J connectivity index is 2.76. The van der Waals surface area contributed by atoms with E-state index in [9.17, 15) is 19.3 Å². The summed E-state index contributed by atoms with van der Waals surface area (Å²) in [7, 11) is 0. The molecular formula is C11H12BrFN2O3. The van der Waals surface area contributed by atoms with Gasteiger partial charge >= 0.3 is 0 Å². The molecule has 0 radical (unpaired) electrons. The molecule has 0 fully saturated rings. The standard InChI is InChI=1S/C11H12BrFN2O3/c1-7(12)2-3-14-11(16)8-4-9(13)6-10(5-8)15(17)18/h4-7H,2-3H2,1H3,(H,14,16). The Morgan fingerprint density at radius 1 is 1.56 bits per heavy atom. The zero-order valence-corrected chi connectivity index (χ0v) is 11.2. The van der Waals surface area contributed by atoms with Gasteiger partial charge in [-0.3, -0.25) is 14.9 Å². The van der Waals surface area contributed by atoms with Crippen molar-refractivity contribution in [1.82, 2.24) is 5.32 Å². The van der Waals surface area contributed by atoms with E-state index in [4.69, 9.17) is 0 Å². The highest BCUT2D eigenvalue weighted by molar-refractivity contribution is 9.09. The SMILES string of the molecule is CC(Br)CCNC(=O)c1cc(F)cc([N+](=O)[O-])c1. The first kappa shape index (κ1) is 14.6. The average molecular weight is 319 g/mol. The van der Waals surface area contributed by atoms with Crippen LogP contribution in [-0.2, 0) is 0 Å². The lowest BCUT2D eigenvalue weighted by atomic mass is 10.2. The first-order valence-electron chi connectivity index (χ1n) is 5.27. The summed E-state index contributed by atoms with van der Waals surface area (Å²) in [6.07, 6.45) is 0.711. The normalized spacial score (nSPS) is 11.9. The zero-order valence-electron chi connectivity index (χ0n) is 9.65. The van der Waals surface area contributed by atoms with Gasteiger partial charge in [-0.05, 0) is 12.5 Å². The molecule has 0 heterocycles. The second kappa shape index (κ2) is 6.44. The fraction of sp³-hybridized carbons (Fsp3) is 0.364. The fourth-order valence-electron chi connectivity index (χ4n) is 1.30. The van der Waals surface area contributed by atoms with Crippen molar-refractivity contribution in [1.29, 1.82) is 0 Å². The fourth-order valence-corrected chi connectivity index (χ4v) is 1.53. The third-order valence-electron chi connectivity index (χ3n) is 2.18. The molecule has 1 unspecified atom stereocenters. The van der Waals surface area contributed by atoms with Gasteiger partial charge in [-0.1, -0.05) is 22.9 Å². The van der Waals surface area contributed by atoms with Crippen molar-refractivity contribution in [3.05, 3.63) is 39.7 Å². The quantitative estimate of drug-likeness (QED) is 0.515. The Morgan fingerprint density at radius 3 is 2.78 bits per heavy atom. The van der Waals surface area contributed by atoms with Gasteiger partial charge in [0.15, 0.2) is 0 Å². The molecule has 0 aromatic heterocycles. The molecule has 0 bridgehead atoms. The molecule has 1 aromatic rings. The molecule has 1 rings (SSSR count). The zero-order chi connectivity index (χ0) is 13.7. The maximum atomic E-state index is 13.1. The van der Waals surface area contributed by atoms with E-state index >= 15 is 0 Å². The van der Waals surface area contributed by atoms with E-state index in [0.717, 1.165) is 18.2 Å². The highest BCUT2D eigenvalue weighted by Crippen LogP contribution is 2.16. The summed E-state index contributed by atoms with van der Waals surface area (Å²) in [5.74, 6) is -1.33. The number of amides is 1. The van der Waals surface area contributed by atoms with Crippen molar-refractivity contribution in [2.24, 2.45) is 0 Å². The van der Waals surface area contributed by atoms with Crippen LogP contribution in [0.2, 0.25) is 0 Å². The van der Waals surface area contributed by atoms with Crippen LogP contribution in [0.3, 0.4) is 0 Å². The van der Waals surface area contributed by atoms with Crippen LogP contribution in [0.4, 0.5) is 10.1 Å². The lowest BCUT2D eigenvalue weighted by Crippen LogP contribution is -2.25. The van der Waals surface area contributed by atoms with Gasteiger partial charge in [0.05, 0.1) is 11.0 Å². The van der Waals surface area contributed by atoms with Gasteiger partial charge in [0.25, 0.3) is 11.6 Å². The number of carbonyl (C=O) groups is 1. The summed E-state index contributed by atoms with van der Waals surface area (Å²) in [6, 6.07) is 2.80. The number of alkyl halides is 1. The van der Waals surface area contributed by atoms with E-state index in [2.05, 4.69) is 21.2 Å². The first-order valence-corrected chi connectivity index (χ1v) is 6.19. The maximum Gasteiger partial charge on any atom is 0.273 e. The average Bonchev–Trinajstić information content (AvgIpc) is 2.27. The number of non-ortho nitro benzene ring substituents is 1. The lowest BCUT2D eigenvalue weighted by molar-refractivity contribution is -0.385. The van der Waals surface area contributed by atoms with Crippen LogP contribution in [0.5, 0.6) is 0 Å². The van der Waals surface area contributed by atoms with Gasteiger partial charge in [-0.2, -0.15) is 0 Å². The van der Waals surface area contributed by atoms with Crippen LogP contribution in [0.1, 0.15) is 23.7 Å². The molecule has 1 atom stereocenters. The molecule has 7 heteroatoms. The monoisotopic (exact) mass is 318 g/mol. The number of hydrogen-bond acceptors (Lipinski definition) is 3. The number of halogens is 2. The van der Waals surface area contributed by atoms with E-state index in [1.165, 1.54) is 0 Å². The number of hydrogen-bond donors (Lipinski definition) is 1. The van der Waals surface area contributed by atoms with Gasteiger partial charge in [0.2, 0.25) is 0 Å². The molecule has 0 saturated heterocycles. The van der Waals surface area contributed by atoms with Crippen LogP contribution in [0.25, 0.3) is 0 Å². The van der Waals surface area contributed by atoms with E-state index in [1.54, 1.807) is 0 Å². The largest absolute Gasteiger partial charge is 0.352 e. The van der Waals surface area contributed by atoms with Crippen molar-refractivity contribution >= 4 is 27.5 Å². The number of benzene rings is 1. The topological polar surface area (TPSA) is 72.2 Å². The molecule has 0 aliphatic heterocycles. The number of nitrogens with one attached hydrogen (secondary N) is 1. The molecule has 98 valence electrons. The van der Waals surface area contributed by atoms with Crippen LogP contribution < -0.4 is 5.32 Å². The molecule has 1 amide bonds. The van der Waals surface area contributed by atoms with Gasteiger partial charge < -0.3 is 5.32 Å². The summed E-state index contributed by atoms with van der Waals surface area (Å²) in [6.45, 7) is 2.34. The molecule has 1 N–H and O–H groups in total. The molecule has 0 saturated carbocycles. The van der Waals surface area contributed by atoms with E-state index in [0.29, 0.717) is 13.0 Å². The summed E-state index contributed by atoms with van der Waals surface area (Å²) >= 11 is 3.32. The van der Waals surface area contributed by atoms with Crippen LogP contribution in [-0.4, -0.2) is 22.2 Å². The predicted molar refractivity (Wildman–Crippen MR) is 68.4 cm³/mol. The number of carbonyl (C=O) groups excluding carboxylic acids is 1. The Labute approximate surface area is 112 Å². The van der Waals surface area contributed by atoms with Crippen LogP contribution in [0, 0.1) is 15.9 Å². The first-order chi connectivity index (χ1) is 8.40. The molecule has 0 aliphatic carbocycles. The summed E-state index contributed by atoms with van der Waals surface area (Å²) in [5.41, 5.74) is -0.488. The predicted octanol–water partition coefficient (Wildman–Crippen LogP) is 2.64. The van der Waals surface area contributed by atoms with Crippen molar-refractivity contribution in [2.75, 3.05) is 6.54 Å². The Bertz CT molecular complexity index is 466. The molecule has 18 heavy (non-hydrogen) atoms. The molecular weight excluding hydrogens is 307 g/mol. The highest BCUT2D eigenvalue weighted by atomic mass is 79.9. The van der Waals surface area contributed by atoms with Gasteiger partial charge in [-0.15, -0.1) is 0 Å². The minimum Gasteiger partial charge on any atom is -0.352 e. The van der Waals surface area contributed by atoms with Gasteiger partial charge in [-0.25, -0.2) is 4.39 Å². The minimum absolute atomic E-state index is 0.0519. The second-order valence-electron chi connectivity index (χ2n) is 3.78. The van der Waals surface area contributed by atoms with Crippen molar-refractivity contribution in [3.8, 4) is 0 Å². The second-order valence-corrected chi connectivity index (χ2v) is 5.34. The molecule has 5 nitrogen and oxygen atoms in total. The van der Waals surface area contributed by atoms with E-state index in [-0.39, 0.29) is 10.4 Å². The Kier molecular flexibility index (Phi) is 5.21. The summed E-state index contributed by atoms with van der Waals surface area (Å²) < 4.78 is 13.1. The molecule has 1 aromatic carbocycles. The number of rotatable bonds is 5. The third-order valence-corrected chi connectivity index (χ3v) is 2.64. The van der Waals surface area contributed by atoms with Crippen molar-refractivity contribution < 1.29 is 14.1 Å². The van der Waals surface area contributed by atoms with Gasteiger partial charge in [0.1, 0.15) is 5.82 Å². The third kappa shape index (κ3) is 4.40. The Hall–Kier alpha value is -1.50. The molecule has 0 spiro atoms. The summed E-state index contributed by atoms with van der Waals surface area (Å²) in [4.78, 5) is 21.7. The molecule has 0 aliphatic rings. The lowest BCUT2D eigenvalue weighted by Gasteiger charge is -2.06. The highest BCUT2D eigenvalue weighted by Gasteiger charge is 2.14. The van der Waals surface area contributed by atoms with Crippen LogP contribution >= 0.6 is 15.9 Å². The number of nitrogens with zero attached hydrogens (tertiary/aromatic N) is 1. The number of nitro groups is 1. The van der Waals surface area contributed by atoms with Crippen LogP contribution in [0.15, 0.2) is 18.2 Å². The maximum absolute atomic E-state index is 13.1. The minimum atomic E-state index is -0.803.